The zero-order valence-corrected chi connectivity index (χ0v) is 16.3. The highest BCUT2D eigenvalue weighted by Crippen LogP contribution is 2.28. The normalized spacial score (nSPS) is 12.7. The van der Waals surface area contributed by atoms with E-state index >= 15 is 0 Å². The molecule has 0 bridgehead atoms. The third kappa shape index (κ3) is 4.21. The van der Waals surface area contributed by atoms with E-state index in [9.17, 15) is 9.18 Å². The number of rotatable bonds is 6. The number of nitrogens with zero attached hydrogens (tertiary/aromatic N) is 4. The maximum atomic E-state index is 14.0. The van der Waals surface area contributed by atoms with Gasteiger partial charge in [-0.1, -0.05) is 23.9 Å². The lowest BCUT2D eigenvalue weighted by atomic mass is 10.2. The van der Waals surface area contributed by atoms with Crippen molar-refractivity contribution in [2.75, 3.05) is 0 Å². The zero-order chi connectivity index (χ0) is 18.7. The van der Waals surface area contributed by atoms with Gasteiger partial charge in [-0.05, 0) is 46.8 Å². The van der Waals surface area contributed by atoms with Crippen LogP contribution in [0, 0.1) is 5.82 Å². The molecule has 1 aromatic carbocycles. The Bertz CT molecular complexity index is 736. The van der Waals surface area contributed by atoms with Gasteiger partial charge >= 0.3 is 0 Å². The molecule has 0 aliphatic carbocycles. The van der Waals surface area contributed by atoms with Gasteiger partial charge in [0.15, 0.2) is 11.0 Å². The summed E-state index contributed by atoms with van der Waals surface area (Å²) in [6, 6.07) is 6.72. The second kappa shape index (κ2) is 7.99. The Kier molecular flexibility index (Phi) is 6.21. The van der Waals surface area contributed by atoms with Gasteiger partial charge in [-0.3, -0.25) is 4.79 Å². The van der Waals surface area contributed by atoms with E-state index in [-0.39, 0.29) is 29.1 Å². The topological polar surface area (TPSA) is 51.0 Å². The minimum atomic E-state index is -0.343. The van der Waals surface area contributed by atoms with Gasteiger partial charge in [-0.15, -0.1) is 10.2 Å². The summed E-state index contributed by atoms with van der Waals surface area (Å²) in [6.07, 6.45) is 0. The molecule has 0 N–H and O–H groups in total. The molecule has 2 aromatic rings. The average Bonchev–Trinajstić information content (AvgIpc) is 2.88. The van der Waals surface area contributed by atoms with Crippen LogP contribution < -0.4 is 0 Å². The summed E-state index contributed by atoms with van der Waals surface area (Å²) >= 11 is 1.34. The molecule has 1 heterocycles. The van der Waals surface area contributed by atoms with Crippen molar-refractivity contribution < 1.29 is 9.18 Å². The van der Waals surface area contributed by atoms with Gasteiger partial charge < -0.3 is 9.47 Å². The largest absolute Gasteiger partial charge is 0.337 e. The van der Waals surface area contributed by atoms with E-state index in [1.807, 2.05) is 39.5 Å². The molecule has 25 heavy (non-hydrogen) atoms. The lowest BCUT2D eigenvalue weighted by molar-refractivity contribution is -0.133. The molecule has 1 unspecified atom stereocenters. The number of aromatic nitrogens is 3. The summed E-state index contributed by atoms with van der Waals surface area (Å²) in [4.78, 5) is 14.6. The van der Waals surface area contributed by atoms with Gasteiger partial charge in [0.2, 0.25) is 5.91 Å². The van der Waals surface area contributed by atoms with Crippen molar-refractivity contribution in [3.05, 3.63) is 30.1 Å². The van der Waals surface area contributed by atoms with E-state index in [0.29, 0.717) is 16.5 Å². The standard InChI is InChI=1S/C18H25FN4OS/c1-11(2)23(12(3)4)17(24)13(5)25-18-21-20-16(22(18)6)14-9-7-8-10-15(14)19/h7-13H,1-6H3. The SMILES string of the molecule is CC(Sc1nnc(-c2ccccc2F)n1C)C(=O)N(C(C)C)C(C)C. The van der Waals surface area contributed by atoms with Gasteiger partial charge in [0, 0.05) is 19.1 Å². The Morgan fingerprint density at radius 2 is 1.72 bits per heavy atom. The Morgan fingerprint density at radius 1 is 1.12 bits per heavy atom. The molecule has 5 nitrogen and oxygen atoms in total. The van der Waals surface area contributed by atoms with Gasteiger partial charge in [-0.25, -0.2) is 4.39 Å². The molecule has 0 aliphatic rings. The first-order chi connectivity index (χ1) is 11.7. The maximum Gasteiger partial charge on any atom is 0.236 e. The fraction of sp³-hybridized carbons (Fsp3) is 0.500. The molecule has 0 saturated heterocycles. The van der Waals surface area contributed by atoms with Crippen LogP contribution in [-0.2, 0) is 11.8 Å². The van der Waals surface area contributed by atoms with E-state index < -0.39 is 0 Å². The third-order valence-electron chi connectivity index (χ3n) is 3.95. The lowest BCUT2D eigenvalue weighted by Gasteiger charge is -2.32. The number of benzene rings is 1. The number of carbonyl (C=O) groups is 1. The van der Waals surface area contributed by atoms with Crippen molar-refractivity contribution in [2.24, 2.45) is 7.05 Å². The molecule has 0 fully saturated rings. The molecular formula is C18H25FN4OS. The maximum absolute atomic E-state index is 14.0. The monoisotopic (exact) mass is 364 g/mol. The number of hydrogen-bond acceptors (Lipinski definition) is 4. The zero-order valence-electron chi connectivity index (χ0n) is 15.5. The summed E-state index contributed by atoms with van der Waals surface area (Å²) in [5.41, 5.74) is 0.398. The molecule has 136 valence electrons. The summed E-state index contributed by atoms with van der Waals surface area (Å²) in [7, 11) is 1.78. The molecule has 1 aromatic heterocycles. The fourth-order valence-corrected chi connectivity index (χ4v) is 3.69. The Hall–Kier alpha value is -1.89. The average molecular weight is 364 g/mol. The fourth-order valence-electron chi connectivity index (χ4n) is 2.82. The van der Waals surface area contributed by atoms with Gasteiger partial charge in [0.1, 0.15) is 5.82 Å². The van der Waals surface area contributed by atoms with Crippen molar-refractivity contribution in [1.29, 1.82) is 0 Å². The van der Waals surface area contributed by atoms with Crippen molar-refractivity contribution in [3.8, 4) is 11.4 Å². The van der Waals surface area contributed by atoms with Crippen LogP contribution in [0.15, 0.2) is 29.4 Å². The molecule has 0 spiro atoms. The van der Waals surface area contributed by atoms with Crippen molar-refractivity contribution in [1.82, 2.24) is 19.7 Å². The molecule has 2 rings (SSSR count). The number of halogens is 1. The first kappa shape index (κ1) is 19.4. The van der Waals surface area contributed by atoms with Crippen LogP contribution >= 0.6 is 11.8 Å². The summed E-state index contributed by atoms with van der Waals surface area (Å²) in [5.74, 6) is 0.166. The third-order valence-corrected chi connectivity index (χ3v) is 5.07. The molecule has 0 aliphatic heterocycles. The molecular weight excluding hydrogens is 339 g/mol. The van der Waals surface area contributed by atoms with E-state index in [2.05, 4.69) is 10.2 Å². The summed E-state index contributed by atoms with van der Waals surface area (Å²) in [5, 5.41) is 8.53. The van der Waals surface area contributed by atoms with Crippen LogP contribution in [0.4, 0.5) is 4.39 Å². The van der Waals surface area contributed by atoms with Crippen LogP contribution in [0.1, 0.15) is 34.6 Å². The molecule has 1 amide bonds. The Morgan fingerprint density at radius 3 is 2.28 bits per heavy atom. The van der Waals surface area contributed by atoms with Crippen molar-refractivity contribution in [3.63, 3.8) is 0 Å². The highest BCUT2D eigenvalue weighted by molar-refractivity contribution is 8.00. The van der Waals surface area contributed by atoms with E-state index in [4.69, 9.17) is 0 Å². The molecule has 1 atom stereocenters. The molecule has 0 radical (unpaired) electrons. The van der Waals surface area contributed by atoms with Gasteiger partial charge in [0.05, 0.1) is 10.8 Å². The minimum absolute atomic E-state index is 0.0606. The van der Waals surface area contributed by atoms with E-state index in [1.165, 1.54) is 17.8 Å². The van der Waals surface area contributed by atoms with Crippen LogP contribution in [0.2, 0.25) is 0 Å². The minimum Gasteiger partial charge on any atom is -0.337 e. The Balaban J connectivity index is 2.21. The van der Waals surface area contributed by atoms with Crippen LogP contribution in [0.3, 0.4) is 0 Å². The molecule has 7 heteroatoms. The first-order valence-corrected chi connectivity index (χ1v) is 9.25. The number of amides is 1. The van der Waals surface area contributed by atoms with Crippen molar-refractivity contribution >= 4 is 17.7 Å². The second-order valence-electron chi connectivity index (χ2n) is 6.54. The Labute approximate surface area is 152 Å². The smallest absolute Gasteiger partial charge is 0.236 e. The summed E-state index contributed by atoms with van der Waals surface area (Å²) < 4.78 is 15.7. The predicted octanol–water partition coefficient (Wildman–Crippen LogP) is 3.75. The highest BCUT2D eigenvalue weighted by atomic mass is 32.2. The summed E-state index contributed by atoms with van der Waals surface area (Å²) in [6.45, 7) is 9.89. The highest BCUT2D eigenvalue weighted by Gasteiger charge is 2.27. The van der Waals surface area contributed by atoms with Gasteiger partial charge in [0.25, 0.3) is 0 Å². The van der Waals surface area contributed by atoms with Crippen LogP contribution in [0.25, 0.3) is 11.4 Å². The van der Waals surface area contributed by atoms with Gasteiger partial charge in [-0.2, -0.15) is 0 Å². The first-order valence-electron chi connectivity index (χ1n) is 8.37. The predicted molar refractivity (Wildman–Crippen MR) is 98.8 cm³/mol. The van der Waals surface area contributed by atoms with Crippen LogP contribution in [-0.4, -0.2) is 42.9 Å². The second-order valence-corrected chi connectivity index (χ2v) is 7.85. The van der Waals surface area contributed by atoms with E-state index in [1.54, 1.807) is 29.8 Å². The lowest BCUT2D eigenvalue weighted by Crippen LogP contribution is -2.45. The van der Waals surface area contributed by atoms with Crippen LogP contribution in [0.5, 0.6) is 0 Å². The quantitative estimate of drug-likeness (QED) is 0.733. The number of hydrogen-bond donors (Lipinski definition) is 0. The number of thioether (sulfide) groups is 1. The molecule has 0 saturated carbocycles. The van der Waals surface area contributed by atoms with E-state index in [0.717, 1.165) is 0 Å². The number of carbonyl (C=O) groups excluding carboxylic acids is 1. The van der Waals surface area contributed by atoms with Crippen molar-refractivity contribution in [2.45, 2.75) is 57.1 Å².